The van der Waals surface area contributed by atoms with E-state index >= 15 is 0 Å². The lowest BCUT2D eigenvalue weighted by Gasteiger charge is -2.37. The fraction of sp³-hybridized carbons (Fsp3) is 0.440. The molecule has 3 aliphatic heterocycles. The molecular formula is C25H29ClN6O4S. The SMILES string of the molecule is COc1ccccc1NC(=S)ON1CCC2(CC1)CC(C(=O)N1CCN(c3ncccc3Cl)CC1)=NO2. The quantitative estimate of drug-likeness (QED) is 0.569. The van der Waals surface area contributed by atoms with Gasteiger partial charge in [-0.25, -0.2) is 4.98 Å². The number of benzene rings is 1. The van der Waals surface area contributed by atoms with Gasteiger partial charge in [0.25, 0.3) is 11.1 Å². The standard InChI is InChI=1S/C25H29ClN6O4S/c1-34-21-7-3-2-6-19(21)28-24(37)35-32-11-8-25(9-12-32)17-20(29-36-25)23(33)31-15-13-30(14-16-31)22-18(26)5-4-10-27-22/h2-7,10H,8-9,11-17H2,1H3,(H,28,37). The Balaban J connectivity index is 1.08. The molecular weight excluding hydrogens is 516 g/mol. The summed E-state index contributed by atoms with van der Waals surface area (Å²) in [5, 5.41) is 9.94. The summed E-state index contributed by atoms with van der Waals surface area (Å²) in [6, 6.07) is 11.1. The van der Waals surface area contributed by atoms with Crippen LogP contribution in [-0.4, -0.2) is 83.7 Å². The van der Waals surface area contributed by atoms with Gasteiger partial charge in [0.2, 0.25) is 0 Å². The smallest absolute Gasteiger partial charge is 0.283 e. The van der Waals surface area contributed by atoms with Gasteiger partial charge in [0.15, 0.2) is 0 Å². The van der Waals surface area contributed by atoms with Crippen LogP contribution in [-0.2, 0) is 14.5 Å². The van der Waals surface area contributed by atoms with Crippen LogP contribution in [0.2, 0.25) is 5.02 Å². The molecule has 1 spiro atoms. The van der Waals surface area contributed by atoms with E-state index in [0.29, 0.717) is 75.0 Å². The van der Waals surface area contributed by atoms with E-state index in [-0.39, 0.29) is 11.1 Å². The highest BCUT2D eigenvalue weighted by Gasteiger charge is 2.45. The second-order valence-electron chi connectivity index (χ2n) is 9.21. The van der Waals surface area contributed by atoms with E-state index in [1.807, 2.05) is 41.3 Å². The van der Waals surface area contributed by atoms with Crippen LogP contribution in [0.1, 0.15) is 19.3 Å². The van der Waals surface area contributed by atoms with Crippen molar-refractivity contribution in [3.63, 3.8) is 0 Å². The second kappa shape index (κ2) is 11.1. The zero-order valence-electron chi connectivity index (χ0n) is 20.6. The van der Waals surface area contributed by atoms with E-state index in [1.54, 1.807) is 18.4 Å². The number of oxime groups is 1. The number of nitrogens with one attached hydrogen (secondary N) is 1. The highest BCUT2D eigenvalue weighted by molar-refractivity contribution is 7.80. The number of hydrogen-bond acceptors (Lipinski definition) is 9. The fourth-order valence-electron chi connectivity index (χ4n) is 4.80. The molecule has 5 rings (SSSR count). The maximum atomic E-state index is 13.2. The third-order valence-corrected chi connectivity index (χ3v) is 7.35. The van der Waals surface area contributed by atoms with Gasteiger partial charge in [0, 0.05) is 64.7 Å². The van der Waals surface area contributed by atoms with Gasteiger partial charge in [0.1, 0.15) is 22.9 Å². The minimum absolute atomic E-state index is 0.0653. The molecule has 0 bridgehead atoms. The summed E-state index contributed by atoms with van der Waals surface area (Å²) in [7, 11) is 1.61. The van der Waals surface area contributed by atoms with Gasteiger partial charge in [-0.05, 0) is 36.5 Å². The molecule has 0 radical (unpaired) electrons. The Bertz CT molecular complexity index is 1180. The number of para-hydroxylation sites is 2. The van der Waals surface area contributed by atoms with Crippen molar-refractivity contribution in [3.05, 3.63) is 47.6 Å². The summed E-state index contributed by atoms with van der Waals surface area (Å²) < 4.78 is 5.34. The van der Waals surface area contributed by atoms with Crippen molar-refractivity contribution >= 4 is 52.1 Å². The lowest BCUT2D eigenvalue weighted by Crippen LogP contribution is -2.51. The van der Waals surface area contributed by atoms with Gasteiger partial charge in [-0.15, -0.1) is 5.06 Å². The molecule has 1 N–H and O–H groups in total. The monoisotopic (exact) mass is 544 g/mol. The van der Waals surface area contributed by atoms with Gasteiger partial charge in [0.05, 0.1) is 17.8 Å². The number of carbonyl (C=O) groups is 1. The zero-order valence-corrected chi connectivity index (χ0v) is 22.1. The maximum absolute atomic E-state index is 13.2. The van der Waals surface area contributed by atoms with Crippen LogP contribution in [0.3, 0.4) is 0 Å². The van der Waals surface area contributed by atoms with Crippen LogP contribution >= 0.6 is 23.8 Å². The molecule has 10 nitrogen and oxygen atoms in total. The van der Waals surface area contributed by atoms with Gasteiger partial charge in [-0.1, -0.05) is 28.9 Å². The minimum atomic E-state index is -0.480. The van der Waals surface area contributed by atoms with Gasteiger partial charge in [-0.3, -0.25) is 4.79 Å². The summed E-state index contributed by atoms with van der Waals surface area (Å²) in [5.41, 5.74) is 0.737. The molecule has 1 amide bonds. The molecule has 2 saturated heterocycles. The highest BCUT2D eigenvalue weighted by Crippen LogP contribution is 2.35. The van der Waals surface area contributed by atoms with Crippen LogP contribution in [0.4, 0.5) is 11.5 Å². The van der Waals surface area contributed by atoms with Crippen molar-refractivity contribution in [2.45, 2.75) is 24.9 Å². The maximum Gasteiger partial charge on any atom is 0.283 e. The van der Waals surface area contributed by atoms with E-state index in [2.05, 4.69) is 20.4 Å². The number of hydroxylamine groups is 2. The molecule has 0 aliphatic carbocycles. The molecule has 37 heavy (non-hydrogen) atoms. The Hall–Kier alpha value is -3.15. The first kappa shape index (κ1) is 25.5. The number of aromatic nitrogens is 1. The molecule has 0 saturated carbocycles. The number of anilines is 2. The summed E-state index contributed by atoms with van der Waals surface area (Å²) in [6.07, 6.45) is 3.58. The van der Waals surface area contributed by atoms with Crippen molar-refractivity contribution in [3.8, 4) is 5.75 Å². The van der Waals surface area contributed by atoms with Crippen LogP contribution in [0.15, 0.2) is 47.8 Å². The van der Waals surface area contributed by atoms with Gasteiger partial charge in [-0.2, -0.15) is 0 Å². The Morgan fingerprint density at radius 2 is 1.86 bits per heavy atom. The van der Waals surface area contributed by atoms with Crippen LogP contribution in [0, 0.1) is 0 Å². The molecule has 1 aromatic heterocycles. The molecule has 1 aromatic carbocycles. The van der Waals surface area contributed by atoms with E-state index in [4.69, 9.17) is 38.2 Å². The first-order chi connectivity index (χ1) is 18.0. The first-order valence-electron chi connectivity index (χ1n) is 12.2. The lowest BCUT2D eigenvalue weighted by molar-refractivity contribution is -0.143. The number of pyridine rings is 1. The van der Waals surface area contributed by atoms with Crippen molar-refractivity contribution in [1.82, 2.24) is 14.9 Å². The lowest BCUT2D eigenvalue weighted by atomic mass is 9.87. The molecule has 12 heteroatoms. The van der Waals surface area contributed by atoms with Crippen LogP contribution < -0.4 is 15.0 Å². The predicted octanol–water partition coefficient (Wildman–Crippen LogP) is 3.33. The number of halogens is 1. The molecule has 2 aromatic rings. The molecule has 3 aliphatic rings. The summed E-state index contributed by atoms with van der Waals surface area (Å²) in [6.45, 7) is 3.70. The summed E-state index contributed by atoms with van der Waals surface area (Å²) in [5.74, 6) is 1.37. The molecule has 196 valence electrons. The predicted molar refractivity (Wildman–Crippen MR) is 145 cm³/mol. The normalized spacial score (nSPS) is 19.2. The number of rotatable bonds is 5. The number of hydrogen-bond donors (Lipinski definition) is 1. The Kier molecular flexibility index (Phi) is 7.63. The number of thiocarbonyl (C=S) groups is 1. The Morgan fingerprint density at radius 1 is 1.11 bits per heavy atom. The van der Waals surface area contributed by atoms with Gasteiger partial charge < -0.3 is 29.5 Å². The third-order valence-electron chi connectivity index (χ3n) is 6.88. The Morgan fingerprint density at radius 3 is 2.59 bits per heavy atom. The van der Waals surface area contributed by atoms with Crippen LogP contribution in [0.5, 0.6) is 5.75 Å². The minimum Gasteiger partial charge on any atom is -0.495 e. The molecule has 2 fully saturated rings. The summed E-state index contributed by atoms with van der Waals surface area (Å²) >= 11 is 11.7. The average Bonchev–Trinajstić information content (AvgIpc) is 3.34. The highest BCUT2D eigenvalue weighted by atomic mass is 35.5. The molecule has 0 unspecified atom stereocenters. The van der Waals surface area contributed by atoms with E-state index in [0.717, 1.165) is 11.5 Å². The number of nitrogens with zero attached hydrogens (tertiary/aromatic N) is 5. The second-order valence-corrected chi connectivity index (χ2v) is 9.99. The van der Waals surface area contributed by atoms with Crippen molar-refractivity contribution < 1.29 is 19.2 Å². The average molecular weight is 545 g/mol. The van der Waals surface area contributed by atoms with Crippen LogP contribution in [0.25, 0.3) is 0 Å². The van der Waals surface area contributed by atoms with E-state index < -0.39 is 5.60 Å². The Labute approximate surface area is 226 Å². The topological polar surface area (TPSA) is 91.8 Å². The number of piperidine rings is 1. The number of amides is 1. The number of ether oxygens (including phenoxy) is 1. The molecule has 0 atom stereocenters. The number of methoxy groups -OCH3 is 1. The van der Waals surface area contributed by atoms with E-state index in [1.165, 1.54) is 0 Å². The first-order valence-corrected chi connectivity index (χ1v) is 13.0. The fourth-order valence-corrected chi connectivity index (χ4v) is 5.26. The van der Waals surface area contributed by atoms with Crippen molar-refractivity contribution in [2.75, 3.05) is 56.6 Å². The number of piperazine rings is 1. The van der Waals surface area contributed by atoms with E-state index in [9.17, 15) is 4.79 Å². The van der Waals surface area contributed by atoms with Crippen molar-refractivity contribution in [1.29, 1.82) is 0 Å². The summed E-state index contributed by atoms with van der Waals surface area (Å²) in [4.78, 5) is 33.1. The third kappa shape index (κ3) is 5.73. The molecule has 4 heterocycles. The van der Waals surface area contributed by atoms with Crippen molar-refractivity contribution in [2.24, 2.45) is 5.16 Å². The largest absolute Gasteiger partial charge is 0.495 e. The van der Waals surface area contributed by atoms with Gasteiger partial charge >= 0.3 is 0 Å². The zero-order chi connectivity index (χ0) is 25.8. The number of carbonyl (C=O) groups excluding carboxylic acids is 1.